The standard InChI is InChI=1S/C10H13ClO3S/c1-8-4-3-5-9(10(8)14-2)6-7-15(11,12)13/h3-5H,6-7H2,1-2H3. The highest BCUT2D eigenvalue weighted by Crippen LogP contribution is 2.23. The Kier molecular flexibility index (Phi) is 3.99. The van der Waals surface area contributed by atoms with Gasteiger partial charge < -0.3 is 4.74 Å². The summed E-state index contributed by atoms with van der Waals surface area (Å²) in [4.78, 5) is 0. The lowest BCUT2D eigenvalue weighted by molar-refractivity contribution is 0.407. The second-order valence-corrected chi connectivity index (χ2v) is 6.16. The van der Waals surface area contributed by atoms with Crippen LogP contribution in [0.25, 0.3) is 0 Å². The molecule has 0 aliphatic rings. The van der Waals surface area contributed by atoms with Crippen LogP contribution in [0.3, 0.4) is 0 Å². The van der Waals surface area contributed by atoms with Gasteiger partial charge in [0, 0.05) is 10.7 Å². The van der Waals surface area contributed by atoms with Gasteiger partial charge in [-0.25, -0.2) is 8.42 Å². The molecule has 1 aromatic carbocycles. The highest BCUT2D eigenvalue weighted by Gasteiger charge is 2.10. The van der Waals surface area contributed by atoms with Crippen LogP contribution >= 0.6 is 10.7 Å². The summed E-state index contributed by atoms with van der Waals surface area (Å²) in [6, 6.07) is 5.62. The van der Waals surface area contributed by atoms with Gasteiger partial charge in [0.05, 0.1) is 12.9 Å². The zero-order valence-electron chi connectivity index (χ0n) is 8.66. The minimum Gasteiger partial charge on any atom is -0.496 e. The van der Waals surface area contributed by atoms with Gasteiger partial charge in [0.2, 0.25) is 9.05 Å². The Morgan fingerprint density at radius 2 is 2.07 bits per heavy atom. The molecule has 0 saturated carbocycles. The summed E-state index contributed by atoms with van der Waals surface area (Å²) in [6.45, 7) is 1.91. The maximum absolute atomic E-state index is 10.8. The fourth-order valence-electron chi connectivity index (χ4n) is 1.43. The first-order valence-corrected chi connectivity index (χ1v) is 6.96. The Labute approximate surface area is 94.4 Å². The third-order valence-electron chi connectivity index (χ3n) is 2.11. The van der Waals surface area contributed by atoms with E-state index in [0.717, 1.165) is 16.9 Å². The summed E-state index contributed by atoms with van der Waals surface area (Å²) in [6.07, 6.45) is 0.372. The molecule has 3 nitrogen and oxygen atoms in total. The SMILES string of the molecule is COc1c(C)cccc1CCS(=O)(=O)Cl. The van der Waals surface area contributed by atoms with Crippen molar-refractivity contribution in [3.63, 3.8) is 0 Å². The van der Waals surface area contributed by atoms with Crippen molar-refractivity contribution in [2.45, 2.75) is 13.3 Å². The highest BCUT2D eigenvalue weighted by atomic mass is 35.7. The first-order valence-electron chi connectivity index (χ1n) is 4.49. The van der Waals surface area contributed by atoms with E-state index >= 15 is 0 Å². The fraction of sp³-hybridized carbons (Fsp3) is 0.400. The number of ether oxygens (including phenoxy) is 1. The van der Waals surface area contributed by atoms with Crippen molar-refractivity contribution in [2.24, 2.45) is 0 Å². The molecule has 0 heterocycles. The zero-order chi connectivity index (χ0) is 11.5. The Balaban J connectivity index is 2.90. The van der Waals surface area contributed by atoms with Crippen molar-refractivity contribution in [1.82, 2.24) is 0 Å². The average Bonchev–Trinajstić information content (AvgIpc) is 2.13. The van der Waals surface area contributed by atoms with Gasteiger partial charge in [0.15, 0.2) is 0 Å². The molecular weight excluding hydrogens is 236 g/mol. The van der Waals surface area contributed by atoms with Crippen LogP contribution in [-0.2, 0) is 15.5 Å². The smallest absolute Gasteiger partial charge is 0.232 e. The molecule has 0 aliphatic heterocycles. The van der Waals surface area contributed by atoms with Gasteiger partial charge in [-0.3, -0.25) is 0 Å². The van der Waals surface area contributed by atoms with E-state index in [2.05, 4.69) is 0 Å². The first-order chi connectivity index (χ1) is 6.94. The van der Waals surface area contributed by atoms with Crippen LogP contribution in [0.5, 0.6) is 5.75 Å². The zero-order valence-corrected chi connectivity index (χ0v) is 10.2. The van der Waals surface area contributed by atoms with Gasteiger partial charge in [-0.2, -0.15) is 0 Å². The summed E-state index contributed by atoms with van der Waals surface area (Å²) < 4.78 is 26.8. The van der Waals surface area contributed by atoms with Gasteiger partial charge in [-0.1, -0.05) is 18.2 Å². The molecule has 1 aromatic rings. The number of hydrogen-bond donors (Lipinski definition) is 0. The minimum absolute atomic E-state index is 0.0750. The van der Waals surface area contributed by atoms with E-state index in [1.165, 1.54) is 0 Å². The summed E-state index contributed by atoms with van der Waals surface area (Å²) in [5.74, 6) is 0.659. The molecule has 0 unspecified atom stereocenters. The number of para-hydroxylation sites is 1. The lowest BCUT2D eigenvalue weighted by Gasteiger charge is -2.10. The van der Waals surface area contributed by atoms with E-state index in [-0.39, 0.29) is 5.75 Å². The van der Waals surface area contributed by atoms with Crippen LogP contribution in [0.15, 0.2) is 18.2 Å². The largest absolute Gasteiger partial charge is 0.496 e. The molecule has 0 saturated heterocycles. The summed E-state index contributed by atoms with van der Waals surface area (Å²) in [7, 11) is 3.28. The van der Waals surface area contributed by atoms with Gasteiger partial charge in [0.25, 0.3) is 0 Å². The maximum Gasteiger partial charge on any atom is 0.232 e. The molecule has 1 rings (SSSR count). The lowest BCUT2D eigenvalue weighted by atomic mass is 10.1. The predicted octanol–water partition coefficient (Wildman–Crippen LogP) is 2.11. The van der Waals surface area contributed by atoms with Crippen molar-refractivity contribution in [1.29, 1.82) is 0 Å². The molecule has 0 radical (unpaired) electrons. The molecule has 0 aliphatic carbocycles. The number of hydrogen-bond acceptors (Lipinski definition) is 3. The lowest BCUT2D eigenvalue weighted by Crippen LogP contribution is -2.03. The number of benzene rings is 1. The second-order valence-electron chi connectivity index (χ2n) is 3.26. The molecular formula is C10H13ClO3S. The predicted molar refractivity (Wildman–Crippen MR) is 61.1 cm³/mol. The van der Waals surface area contributed by atoms with Crippen LogP contribution in [0.4, 0.5) is 0 Å². The topological polar surface area (TPSA) is 43.4 Å². The van der Waals surface area contributed by atoms with Gasteiger partial charge >= 0.3 is 0 Å². The molecule has 15 heavy (non-hydrogen) atoms. The summed E-state index contributed by atoms with van der Waals surface area (Å²) in [5, 5.41) is 0. The second kappa shape index (κ2) is 4.86. The van der Waals surface area contributed by atoms with E-state index < -0.39 is 9.05 Å². The fourth-order valence-corrected chi connectivity index (χ4v) is 2.13. The third-order valence-corrected chi connectivity index (χ3v) is 3.27. The number of aryl methyl sites for hydroxylation is 2. The quantitative estimate of drug-likeness (QED) is 0.767. The van der Waals surface area contributed by atoms with Crippen LogP contribution in [-0.4, -0.2) is 21.3 Å². The first kappa shape index (κ1) is 12.3. The molecule has 0 bridgehead atoms. The Morgan fingerprint density at radius 1 is 1.40 bits per heavy atom. The molecule has 0 fully saturated rings. The van der Waals surface area contributed by atoms with Crippen molar-refractivity contribution in [3.05, 3.63) is 29.3 Å². The molecule has 5 heteroatoms. The summed E-state index contributed by atoms with van der Waals surface area (Å²) >= 11 is 0. The highest BCUT2D eigenvalue weighted by molar-refractivity contribution is 8.13. The average molecular weight is 249 g/mol. The number of rotatable bonds is 4. The molecule has 0 spiro atoms. The maximum atomic E-state index is 10.8. The van der Waals surface area contributed by atoms with Gasteiger partial charge in [-0.15, -0.1) is 0 Å². The molecule has 84 valence electrons. The Bertz CT molecular complexity index is 440. The van der Waals surface area contributed by atoms with Crippen molar-refractivity contribution in [2.75, 3.05) is 12.9 Å². The van der Waals surface area contributed by atoms with E-state index in [1.54, 1.807) is 7.11 Å². The third kappa shape index (κ3) is 3.72. The van der Waals surface area contributed by atoms with Crippen molar-refractivity contribution >= 4 is 19.7 Å². The number of methoxy groups -OCH3 is 1. The minimum atomic E-state index is -3.44. The van der Waals surface area contributed by atoms with Crippen molar-refractivity contribution < 1.29 is 13.2 Å². The number of halogens is 1. The van der Waals surface area contributed by atoms with E-state index in [4.69, 9.17) is 15.4 Å². The van der Waals surface area contributed by atoms with Crippen LogP contribution in [0.2, 0.25) is 0 Å². The Morgan fingerprint density at radius 3 is 2.60 bits per heavy atom. The summed E-state index contributed by atoms with van der Waals surface area (Å²) in [5.41, 5.74) is 1.85. The van der Waals surface area contributed by atoms with E-state index in [9.17, 15) is 8.42 Å². The van der Waals surface area contributed by atoms with E-state index in [0.29, 0.717) is 6.42 Å². The van der Waals surface area contributed by atoms with Crippen LogP contribution in [0, 0.1) is 6.92 Å². The van der Waals surface area contributed by atoms with Gasteiger partial charge in [-0.05, 0) is 24.5 Å². The van der Waals surface area contributed by atoms with Crippen molar-refractivity contribution in [3.8, 4) is 5.75 Å². The van der Waals surface area contributed by atoms with E-state index in [1.807, 2.05) is 25.1 Å². The molecule has 0 aromatic heterocycles. The molecule has 0 atom stereocenters. The van der Waals surface area contributed by atoms with Crippen LogP contribution in [0.1, 0.15) is 11.1 Å². The molecule has 0 amide bonds. The Hall–Kier alpha value is -0.740. The monoisotopic (exact) mass is 248 g/mol. The normalized spacial score (nSPS) is 11.4. The molecule has 0 N–H and O–H groups in total. The van der Waals surface area contributed by atoms with Crippen LogP contribution < -0.4 is 4.74 Å². The van der Waals surface area contributed by atoms with Gasteiger partial charge in [0.1, 0.15) is 5.75 Å².